The molecule has 0 N–H and O–H groups in total. The molecule has 0 atom stereocenters. The molecule has 0 saturated carbocycles. The molecule has 0 amide bonds. The minimum Gasteiger partial charge on any atom is -0.409 e. The van der Waals surface area contributed by atoms with Crippen LogP contribution in [0.25, 0.3) is 0 Å². The Balaban J connectivity index is 4.23. The Morgan fingerprint density at radius 2 is 1.64 bits per heavy atom. The highest BCUT2D eigenvalue weighted by Crippen LogP contribution is 2.24. The lowest BCUT2D eigenvalue weighted by Gasteiger charge is -2.28. The van der Waals surface area contributed by atoms with Gasteiger partial charge in [0.05, 0.1) is 0 Å². The quantitative estimate of drug-likeness (QED) is 0.582. The van der Waals surface area contributed by atoms with Crippen molar-refractivity contribution in [3.05, 3.63) is 24.6 Å². The molecule has 82 valence electrons. The summed E-state index contributed by atoms with van der Waals surface area (Å²) < 4.78 is 6.00. The molecule has 0 aliphatic carbocycles. The smallest absolute Gasteiger partial charge is 0.242 e. The Hall–Kier alpha value is -0.343. The first kappa shape index (κ1) is 13.7. The summed E-state index contributed by atoms with van der Waals surface area (Å²) >= 11 is 0. The lowest BCUT2D eigenvalue weighted by atomic mass is 10.2. The monoisotopic (exact) mass is 212 g/mol. The Labute approximate surface area is 90.0 Å². The lowest BCUT2D eigenvalue weighted by molar-refractivity contribution is 0.281. The Bertz CT molecular complexity index is 177. The van der Waals surface area contributed by atoms with Gasteiger partial charge in [-0.15, -0.1) is 13.2 Å². The van der Waals surface area contributed by atoms with Crippen molar-refractivity contribution >= 4 is 8.32 Å². The van der Waals surface area contributed by atoms with Gasteiger partial charge in [0.2, 0.25) is 8.32 Å². The van der Waals surface area contributed by atoms with E-state index in [9.17, 15) is 0 Å². The Morgan fingerprint density at radius 3 is 1.93 bits per heavy atom. The van der Waals surface area contributed by atoms with Gasteiger partial charge in [-0.2, -0.15) is 0 Å². The Kier molecular flexibility index (Phi) is 6.05. The highest BCUT2D eigenvalue weighted by atomic mass is 28.4. The second kappa shape index (κ2) is 6.20. The second-order valence-electron chi connectivity index (χ2n) is 4.45. The first-order valence-electron chi connectivity index (χ1n) is 5.39. The zero-order valence-electron chi connectivity index (χ0n) is 10.0. The summed E-state index contributed by atoms with van der Waals surface area (Å²) in [6.45, 7) is 17.4. The molecule has 0 bridgehead atoms. The van der Waals surface area contributed by atoms with Crippen LogP contribution in [0.3, 0.4) is 0 Å². The van der Waals surface area contributed by atoms with Gasteiger partial charge in [-0.3, -0.25) is 0 Å². The van der Waals surface area contributed by atoms with E-state index < -0.39 is 8.32 Å². The summed E-state index contributed by atoms with van der Waals surface area (Å²) in [7, 11) is -1.86. The molecule has 0 fully saturated rings. The average Bonchev–Trinajstić information content (AvgIpc) is 2.12. The predicted molar refractivity (Wildman–Crippen MR) is 66.7 cm³/mol. The summed E-state index contributed by atoms with van der Waals surface area (Å²) in [5.74, 6) is 0.698. The molecule has 0 unspecified atom stereocenters. The van der Waals surface area contributed by atoms with E-state index in [1.807, 2.05) is 11.4 Å². The van der Waals surface area contributed by atoms with Crippen molar-refractivity contribution in [1.82, 2.24) is 0 Å². The zero-order valence-corrected chi connectivity index (χ0v) is 11.0. The van der Waals surface area contributed by atoms with Crippen molar-refractivity contribution in [3.63, 3.8) is 0 Å². The SMILES string of the molecule is C=C[Si](C=C)(OCCC(C)C)C(C)C. The van der Waals surface area contributed by atoms with E-state index in [0.29, 0.717) is 11.5 Å². The molecule has 14 heavy (non-hydrogen) atoms. The average molecular weight is 212 g/mol. The second-order valence-corrected chi connectivity index (χ2v) is 8.41. The summed E-state index contributed by atoms with van der Waals surface area (Å²) in [4.78, 5) is 0. The summed E-state index contributed by atoms with van der Waals surface area (Å²) in [5, 5.41) is 0. The van der Waals surface area contributed by atoms with Gasteiger partial charge in [-0.05, 0) is 17.9 Å². The van der Waals surface area contributed by atoms with Gasteiger partial charge in [0.15, 0.2) is 0 Å². The third-order valence-electron chi connectivity index (χ3n) is 2.59. The molecule has 0 aromatic rings. The summed E-state index contributed by atoms with van der Waals surface area (Å²) in [5.41, 5.74) is 4.50. The molecule has 0 saturated heterocycles. The first-order chi connectivity index (χ1) is 6.48. The van der Waals surface area contributed by atoms with E-state index in [-0.39, 0.29) is 0 Å². The lowest BCUT2D eigenvalue weighted by Crippen LogP contribution is -2.38. The minimum atomic E-state index is -1.86. The molecule has 0 radical (unpaired) electrons. The van der Waals surface area contributed by atoms with Crippen LogP contribution in [-0.4, -0.2) is 14.9 Å². The molecule has 0 aromatic heterocycles. The molecule has 2 heteroatoms. The molecule has 0 rings (SSSR count). The fourth-order valence-electron chi connectivity index (χ4n) is 1.31. The molecule has 0 heterocycles. The van der Waals surface area contributed by atoms with Crippen molar-refractivity contribution in [3.8, 4) is 0 Å². The van der Waals surface area contributed by atoms with E-state index in [1.165, 1.54) is 0 Å². The minimum absolute atomic E-state index is 0.518. The molecule has 1 nitrogen and oxygen atoms in total. The van der Waals surface area contributed by atoms with Crippen LogP contribution >= 0.6 is 0 Å². The largest absolute Gasteiger partial charge is 0.409 e. The fourth-order valence-corrected chi connectivity index (χ4v) is 3.46. The van der Waals surface area contributed by atoms with E-state index in [2.05, 4.69) is 40.9 Å². The highest BCUT2D eigenvalue weighted by molar-refractivity contribution is 6.84. The van der Waals surface area contributed by atoms with Crippen molar-refractivity contribution in [1.29, 1.82) is 0 Å². The number of rotatable bonds is 7. The fraction of sp³-hybridized carbons (Fsp3) is 0.667. The first-order valence-corrected chi connectivity index (χ1v) is 7.53. The van der Waals surface area contributed by atoms with Crippen LogP contribution in [0.2, 0.25) is 5.54 Å². The van der Waals surface area contributed by atoms with E-state index in [4.69, 9.17) is 4.43 Å². The van der Waals surface area contributed by atoms with Crippen LogP contribution in [0.5, 0.6) is 0 Å². The predicted octanol–water partition coefficient (Wildman–Crippen LogP) is 3.86. The van der Waals surface area contributed by atoms with Gasteiger partial charge in [-0.1, -0.05) is 39.1 Å². The van der Waals surface area contributed by atoms with Crippen molar-refractivity contribution in [2.45, 2.75) is 39.7 Å². The van der Waals surface area contributed by atoms with Crippen LogP contribution in [-0.2, 0) is 4.43 Å². The van der Waals surface area contributed by atoms with Crippen LogP contribution in [0.1, 0.15) is 34.1 Å². The molecule has 0 aliphatic rings. The van der Waals surface area contributed by atoms with Gasteiger partial charge in [0.25, 0.3) is 0 Å². The van der Waals surface area contributed by atoms with Gasteiger partial charge in [0, 0.05) is 6.61 Å². The van der Waals surface area contributed by atoms with Crippen molar-refractivity contribution < 1.29 is 4.43 Å². The normalized spacial score (nSPS) is 12.1. The van der Waals surface area contributed by atoms with Crippen LogP contribution in [0, 0.1) is 5.92 Å². The third-order valence-corrected chi connectivity index (χ3v) is 6.37. The van der Waals surface area contributed by atoms with Gasteiger partial charge in [0.1, 0.15) is 0 Å². The maximum atomic E-state index is 6.00. The molecule has 0 aliphatic heterocycles. The van der Waals surface area contributed by atoms with Gasteiger partial charge < -0.3 is 4.43 Å². The topological polar surface area (TPSA) is 9.23 Å². The maximum absolute atomic E-state index is 6.00. The number of hydrogen-bond donors (Lipinski definition) is 0. The molecular formula is C12H24OSi. The van der Waals surface area contributed by atoms with Gasteiger partial charge >= 0.3 is 0 Å². The maximum Gasteiger partial charge on any atom is 0.242 e. The Morgan fingerprint density at radius 1 is 1.14 bits per heavy atom. The summed E-state index contributed by atoms with van der Waals surface area (Å²) in [6.07, 6.45) is 1.11. The number of hydrogen-bond acceptors (Lipinski definition) is 1. The van der Waals surface area contributed by atoms with E-state index in [0.717, 1.165) is 13.0 Å². The van der Waals surface area contributed by atoms with Crippen LogP contribution in [0.15, 0.2) is 24.6 Å². The molecule has 0 aromatic carbocycles. The van der Waals surface area contributed by atoms with E-state index in [1.54, 1.807) is 0 Å². The highest BCUT2D eigenvalue weighted by Gasteiger charge is 2.31. The van der Waals surface area contributed by atoms with Gasteiger partial charge in [-0.25, -0.2) is 0 Å². The molecular weight excluding hydrogens is 188 g/mol. The van der Waals surface area contributed by atoms with Crippen LogP contribution in [0.4, 0.5) is 0 Å². The third kappa shape index (κ3) is 3.80. The standard InChI is InChI=1S/C12H24OSi/c1-7-14(8-2,12(5)6)13-10-9-11(3)4/h7-8,11-12H,1-2,9-10H2,3-6H3. The van der Waals surface area contributed by atoms with Crippen molar-refractivity contribution in [2.75, 3.05) is 6.61 Å². The van der Waals surface area contributed by atoms with E-state index >= 15 is 0 Å². The zero-order chi connectivity index (χ0) is 11.2. The summed E-state index contributed by atoms with van der Waals surface area (Å²) in [6, 6.07) is 0. The van der Waals surface area contributed by atoms with Crippen molar-refractivity contribution in [2.24, 2.45) is 5.92 Å². The molecule has 0 spiro atoms. The van der Waals surface area contributed by atoms with Crippen LogP contribution < -0.4 is 0 Å².